The van der Waals surface area contributed by atoms with Crippen molar-refractivity contribution in [3.8, 4) is 11.5 Å². The summed E-state index contributed by atoms with van der Waals surface area (Å²) in [6.07, 6.45) is -3.61. The number of nitrogens with two attached hydrogens (primary N) is 1. The summed E-state index contributed by atoms with van der Waals surface area (Å²) in [4.78, 5) is 57.3. The molecule has 2 aliphatic carbocycles. The molecule has 1 unspecified atom stereocenters. The zero-order valence-electron chi connectivity index (χ0n) is 28.6. The number of ketones is 3. The van der Waals surface area contributed by atoms with E-state index in [2.05, 4.69) is 10.2 Å². The van der Waals surface area contributed by atoms with Crippen molar-refractivity contribution in [3.05, 3.63) is 51.6 Å². The van der Waals surface area contributed by atoms with Gasteiger partial charge in [-0.2, -0.15) is 0 Å². The SMILES string of the molecule is CNCCN(C)C(=O)OCC(=O)[C@@H]1Cc2c(O)c3c(c(O)c2[C@@H](OC2C[C@H]4[C@@H](CO2)O[C@@H]2[C@@H](OC)OCCN24)C1)C(=O)c1c(N)cccc1C3=O. The first-order chi connectivity index (χ1) is 24.5. The number of hydrogen-bond acceptors (Lipinski definition) is 15. The minimum atomic E-state index is -1.07. The largest absolute Gasteiger partial charge is 0.507 e. The van der Waals surface area contributed by atoms with Gasteiger partial charge in [0, 0.05) is 74.6 Å². The van der Waals surface area contributed by atoms with Crippen molar-refractivity contribution in [1.29, 1.82) is 0 Å². The molecule has 3 fully saturated rings. The molecule has 1 amide bonds. The number of nitrogens with zero attached hydrogens (tertiary/aromatic N) is 2. The second kappa shape index (κ2) is 14.1. The van der Waals surface area contributed by atoms with Gasteiger partial charge in [0.05, 0.1) is 42.1 Å². The fourth-order valence-electron chi connectivity index (χ4n) is 7.86. The highest BCUT2D eigenvalue weighted by atomic mass is 16.7. The number of phenolic OH excluding ortho intramolecular Hbond substituents is 2. The Morgan fingerprint density at radius 1 is 1.10 bits per heavy atom. The van der Waals surface area contributed by atoms with Gasteiger partial charge in [0.2, 0.25) is 0 Å². The Hall–Kier alpha value is -4.16. The topological polar surface area (TPSA) is 209 Å². The maximum Gasteiger partial charge on any atom is 0.409 e. The lowest BCUT2D eigenvalue weighted by Crippen LogP contribution is -2.53. The molecular weight excluding hydrogens is 668 g/mol. The number of carbonyl (C=O) groups excluding carboxylic acids is 4. The number of likely N-dealkylation sites (N-methyl/N-ethyl adjacent to an activating group) is 2. The maximum absolute atomic E-state index is 13.9. The van der Waals surface area contributed by atoms with Crippen LogP contribution in [-0.2, 0) is 39.6 Å². The first-order valence-electron chi connectivity index (χ1n) is 17.0. The van der Waals surface area contributed by atoms with Crippen LogP contribution in [0.1, 0.15) is 61.9 Å². The average molecular weight is 711 g/mol. The van der Waals surface area contributed by atoms with E-state index in [4.69, 9.17) is 34.2 Å². The lowest BCUT2D eigenvalue weighted by atomic mass is 9.73. The fourth-order valence-corrected chi connectivity index (χ4v) is 7.86. The van der Waals surface area contributed by atoms with E-state index in [0.29, 0.717) is 32.7 Å². The molecule has 2 aromatic carbocycles. The zero-order valence-corrected chi connectivity index (χ0v) is 28.6. The molecule has 274 valence electrons. The minimum absolute atomic E-state index is 0.00199. The molecule has 0 aromatic heterocycles. The van der Waals surface area contributed by atoms with Gasteiger partial charge in [-0.3, -0.25) is 19.3 Å². The van der Waals surface area contributed by atoms with Crippen molar-refractivity contribution in [3.63, 3.8) is 0 Å². The second-order valence-corrected chi connectivity index (χ2v) is 13.4. The summed E-state index contributed by atoms with van der Waals surface area (Å²) < 4.78 is 35.3. The third-order valence-electron chi connectivity index (χ3n) is 10.5. The quantitative estimate of drug-likeness (QED) is 0.181. The Morgan fingerprint density at radius 3 is 2.65 bits per heavy atom. The second-order valence-electron chi connectivity index (χ2n) is 13.4. The molecule has 3 saturated heterocycles. The number of benzene rings is 2. The number of morpholine rings is 1. The van der Waals surface area contributed by atoms with Crippen LogP contribution in [-0.4, -0.2) is 135 Å². The Balaban J connectivity index is 1.20. The lowest BCUT2D eigenvalue weighted by molar-refractivity contribution is -0.245. The Morgan fingerprint density at radius 2 is 1.88 bits per heavy atom. The number of ether oxygens (including phenoxy) is 6. The van der Waals surface area contributed by atoms with Gasteiger partial charge in [-0.1, -0.05) is 12.1 Å². The molecule has 7 atom stereocenters. The molecule has 2 aromatic rings. The number of hydrogen-bond donors (Lipinski definition) is 4. The van der Waals surface area contributed by atoms with Crippen LogP contribution in [0.4, 0.5) is 10.5 Å². The van der Waals surface area contributed by atoms with Gasteiger partial charge in [0.1, 0.15) is 11.5 Å². The van der Waals surface area contributed by atoms with Gasteiger partial charge in [-0.15, -0.1) is 0 Å². The number of rotatable bonds is 9. The molecule has 16 nitrogen and oxygen atoms in total. The van der Waals surface area contributed by atoms with Gasteiger partial charge >= 0.3 is 6.09 Å². The fraction of sp³-hybridized carbons (Fsp3) is 0.543. The number of Topliss-reactive ketones (excluding diaryl/α,β-unsaturated/α-hetero) is 1. The predicted octanol–water partition coefficient (Wildman–Crippen LogP) is 1.08. The van der Waals surface area contributed by atoms with Crippen molar-refractivity contribution in [1.82, 2.24) is 15.1 Å². The number of methoxy groups -OCH3 is 1. The standard InChI is InChI=1S/C35H42N4O12/c1-37-7-8-38(2)35(45)49-14-21(40)16-11-18-26(32(44)28-27(30(18)42)29(41)17-5-4-6-19(36)25(17)31(28)43)22(12-16)50-24-13-20-23(15-48-24)51-33-34(46-3)47-10-9-39(20)33/h4-6,16,20,22-24,33-34,37,42,44H,7-15,36H2,1-3H3/t16-,20+,22+,23-,24?,33-,34+/m1/s1. The third-order valence-corrected chi connectivity index (χ3v) is 10.5. The summed E-state index contributed by atoms with van der Waals surface area (Å²) in [6, 6.07) is 4.32. The van der Waals surface area contributed by atoms with Crippen LogP contribution >= 0.6 is 0 Å². The molecule has 0 bridgehead atoms. The molecule has 16 heteroatoms. The van der Waals surface area contributed by atoms with Gasteiger partial charge < -0.3 is 54.6 Å². The summed E-state index contributed by atoms with van der Waals surface area (Å²) in [5.74, 6) is -3.77. The number of amides is 1. The van der Waals surface area contributed by atoms with Crippen molar-refractivity contribution in [2.75, 3.05) is 66.4 Å². The molecule has 5 N–H and O–H groups in total. The molecule has 3 aliphatic heterocycles. The molecule has 51 heavy (non-hydrogen) atoms. The minimum Gasteiger partial charge on any atom is -0.507 e. The molecule has 0 spiro atoms. The number of nitrogen functional groups attached to an aromatic ring is 1. The smallest absolute Gasteiger partial charge is 0.409 e. The first-order valence-corrected chi connectivity index (χ1v) is 17.0. The van der Waals surface area contributed by atoms with E-state index in [9.17, 15) is 29.4 Å². The van der Waals surface area contributed by atoms with Crippen LogP contribution in [0.15, 0.2) is 18.2 Å². The van der Waals surface area contributed by atoms with E-state index in [1.54, 1.807) is 21.2 Å². The van der Waals surface area contributed by atoms with Crippen LogP contribution in [0.25, 0.3) is 0 Å². The molecule has 0 saturated carbocycles. The first kappa shape index (κ1) is 35.3. The summed E-state index contributed by atoms with van der Waals surface area (Å²) >= 11 is 0. The summed E-state index contributed by atoms with van der Waals surface area (Å²) in [5.41, 5.74) is 5.51. The van der Waals surface area contributed by atoms with E-state index in [1.807, 2.05) is 0 Å². The maximum atomic E-state index is 13.9. The van der Waals surface area contributed by atoms with Gasteiger partial charge in [0.15, 0.2) is 42.8 Å². The van der Waals surface area contributed by atoms with E-state index < -0.39 is 72.4 Å². The van der Waals surface area contributed by atoms with Crippen LogP contribution in [0.5, 0.6) is 11.5 Å². The van der Waals surface area contributed by atoms with Crippen molar-refractivity contribution < 1.29 is 57.8 Å². The Bertz CT molecular complexity index is 1750. The van der Waals surface area contributed by atoms with Gasteiger partial charge in [0.25, 0.3) is 0 Å². The number of phenols is 2. The molecule has 7 rings (SSSR count). The highest BCUT2D eigenvalue weighted by Crippen LogP contribution is 2.51. The number of fused-ring (bicyclic) bond motifs is 6. The van der Waals surface area contributed by atoms with E-state index >= 15 is 0 Å². The van der Waals surface area contributed by atoms with E-state index in [-0.39, 0.29) is 70.7 Å². The Kier molecular flexibility index (Phi) is 9.75. The third kappa shape index (κ3) is 6.13. The van der Waals surface area contributed by atoms with Crippen molar-refractivity contribution >= 4 is 29.1 Å². The molecule has 0 radical (unpaired) electrons. The van der Waals surface area contributed by atoms with Crippen LogP contribution < -0.4 is 11.1 Å². The highest BCUT2D eigenvalue weighted by molar-refractivity contribution is 6.32. The highest BCUT2D eigenvalue weighted by Gasteiger charge is 2.52. The van der Waals surface area contributed by atoms with Crippen molar-refractivity contribution in [2.45, 2.75) is 56.3 Å². The molecule has 5 aliphatic rings. The molecular formula is C35H42N4O12. The van der Waals surface area contributed by atoms with Crippen LogP contribution in [0.2, 0.25) is 0 Å². The van der Waals surface area contributed by atoms with Gasteiger partial charge in [-0.25, -0.2) is 4.79 Å². The van der Waals surface area contributed by atoms with Gasteiger partial charge in [-0.05, 0) is 26.0 Å². The van der Waals surface area contributed by atoms with E-state index in [1.165, 1.54) is 23.1 Å². The molecule has 3 heterocycles. The van der Waals surface area contributed by atoms with Crippen LogP contribution in [0.3, 0.4) is 0 Å². The normalized spacial score (nSPS) is 28.3. The zero-order chi connectivity index (χ0) is 36.1. The predicted molar refractivity (Wildman–Crippen MR) is 176 cm³/mol. The van der Waals surface area contributed by atoms with Crippen LogP contribution in [0, 0.1) is 5.92 Å². The summed E-state index contributed by atoms with van der Waals surface area (Å²) in [7, 11) is 4.85. The van der Waals surface area contributed by atoms with E-state index in [0.717, 1.165) is 0 Å². The average Bonchev–Trinajstić information content (AvgIpc) is 3.51. The monoisotopic (exact) mass is 710 g/mol. The number of carbonyl (C=O) groups is 4. The number of nitrogens with one attached hydrogen (secondary N) is 1. The van der Waals surface area contributed by atoms with Crippen molar-refractivity contribution in [2.24, 2.45) is 5.92 Å². The number of anilines is 1. The summed E-state index contributed by atoms with van der Waals surface area (Å²) in [6.45, 7) is 1.58. The summed E-state index contributed by atoms with van der Waals surface area (Å²) in [5, 5.41) is 26.5. The lowest BCUT2D eigenvalue weighted by Gasteiger charge is -2.40. The number of aromatic hydroxyl groups is 2. The Labute approximate surface area is 293 Å².